The first-order valence-electron chi connectivity index (χ1n) is 7.89. The van der Waals surface area contributed by atoms with E-state index in [-0.39, 0.29) is 11.9 Å². The highest BCUT2D eigenvalue weighted by Crippen LogP contribution is 2.27. The van der Waals surface area contributed by atoms with E-state index in [0.29, 0.717) is 43.9 Å². The van der Waals surface area contributed by atoms with Gasteiger partial charge in [0.15, 0.2) is 0 Å². The van der Waals surface area contributed by atoms with Gasteiger partial charge in [0.1, 0.15) is 5.82 Å². The van der Waals surface area contributed by atoms with Gasteiger partial charge in [-0.05, 0) is 41.6 Å². The van der Waals surface area contributed by atoms with E-state index in [4.69, 9.17) is 4.74 Å². The van der Waals surface area contributed by atoms with Gasteiger partial charge in [-0.2, -0.15) is 5.26 Å². The summed E-state index contributed by atoms with van der Waals surface area (Å²) in [5.74, 6) is -0.340. The van der Waals surface area contributed by atoms with Crippen molar-refractivity contribution in [3.05, 3.63) is 57.5 Å². The van der Waals surface area contributed by atoms with Gasteiger partial charge in [0.2, 0.25) is 0 Å². The van der Waals surface area contributed by atoms with Gasteiger partial charge in [-0.25, -0.2) is 4.39 Å². The van der Waals surface area contributed by atoms with Gasteiger partial charge in [0.05, 0.1) is 31.0 Å². The van der Waals surface area contributed by atoms with Crippen LogP contribution in [0.1, 0.15) is 28.5 Å². The number of aliphatic hydroxyl groups is 1. The van der Waals surface area contributed by atoms with Gasteiger partial charge in [0.25, 0.3) is 0 Å². The molecule has 0 amide bonds. The zero-order valence-electron chi connectivity index (χ0n) is 13.2. The second-order valence-corrected chi connectivity index (χ2v) is 6.86. The number of hydrogen-bond donors (Lipinski definition) is 1. The molecule has 1 saturated heterocycles. The molecule has 24 heavy (non-hydrogen) atoms. The number of morpholine rings is 1. The van der Waals surface area contributed by atoms with Crippen molar-refractivity contribution in [2.45, 2.75) is 25.1 Å². The predicted molar refractivity (Wildman–Crippen MR) is 90.0 cm³/mol. The van der Waals surface area contributed by atoms with Crippen molar-refractivity contribution in [3.8, 4) is 6.07 Å². The fraction of sp³-hybridized carbons (Fsp3) is 0.389. The molecule has 2 aromatic rings. The summed E-state index contributed by atoms with van der Waals surface area (Å²) in [6, 6.07) is 10.2. The summed E-state index contributed by atoms with van der Waals surface area (Å²) < 4.78 is 19.1. The molecular formula is C18H19FN2O2S. The van der Waals surface area contributed by atoms with E-state index in [9.17, 15) is 14.8 Å². The Labute approximate surface area is 144 Å². The molecule has 0 bridgehead atoms. The third-order valence-electron chi connectivity index (χ3n) is 4.28. The summed E-state index contributed by atoms with van der Waals surface area (Å²) in [5, 5.41) is 21.6. The second kappa shape index (κ2) is 7.86. The first kappa shape index (κ1) is 17.1. The van der Waals surface area contributed by atoms with Crippen LogP contribution in [0.15, 0.2) is 35.7 Å². The molecular weight excluding hydrogens is 327 g/mol. The summed E-state index contributed by atoms with van der Waals surface area (Å²) >= 11 is 1.53. The molecule has 126 valence electrons. The van der Waals surface area contributed by atoms with E-state index in [1.54, 1.807) is 0 Å². The maximum absolute atomic E-state index is 13.5. The van der Waals surface area contributed by atoms with Crippen LogP contribution in [0, 0.1) is 17.1 Å². The Morgan fingerprint density at radius 3 is 3.08 bits per heavy atom. The monoisotopic (exact) mass is 346 g/mol. The molecule has 1 fully saturated rings. The zero-order chi connectivity index (χ0) is 16.9. The highest BCUT2D eigenvalue weighted by molar-refractivity contribution is 7.10. The lowest BCUT2D eigenvalue weighted by molar-refractivity contribution is -0.0296. The number of benzene rings is 1. The molecule has 6 heteroatoms. The Hall–Kier alpha value is -1.78. The van der Waals surface area contributed by atoms with E-state index < -0.39 is 6.10 Å². The average molecular weight is 346 g/mol. The van der Waals surface area contributed by atoms with Gasteiger partial charge in [-0.1, -0.05) is 6.07 Å². The molecule has 0 spiro atoms. The minimum Gasteiger partial charge on any atom is -0.388 e. The van der Waals surface area contributed by atoms with Crippen molar-refractivity contribution in [3.63, 3.8) is 0 Å². The van der Waals surface area contributed by atoms with Gasteiger partial charge in [-0.3, -0.25) is 4.90 Å². The summed E-state index contributed by atoms with van der Waals surface area (Å²) in [6.07, 6.45) is 0.0136. The minimum absolute atomic E-state index is 0.0330. The Morgan fingerprint density at radius 2 is 2.33 bits per heavy atom. The van der Waals surface area contributed by atoms with Crippen LogP contribution in [0.2, 0.25) is 0 Å². The average Bonchev–Trinajstić information content (AvgIpc) is 3.11. The molecule has 0 aliphatic carbocycles. The number of thiophene rings is 1. The number of nitrogens with zero attached hydrogens (tertiary/aromatic N) is 2. The van der Waals surface area contributed by atoms with Gasteiger partial charge < -0.3 is 9.84 Å². The van der Waals surface area contributed by atoms with Crippen LogP contribution < -0.4 is 0 Å². The molecule has 2 heterocycles. The lowest BCUT2D eigenvalue weighted by Crippen LogP contribution is -2.45. The number of aliphatic hydroxyl groups excluding tert-OH is 1. The zero-order valence-corrected chi connectivity index (χ0v) is 14.0. The molecule has 1 aromatic heterocycles. The molecule has 0 saturated carbocycles. The van der Waals surface area contributed by atoms with Crippen LogP contribution in [0.4, 0.5) is 4.39 Å². The first-order chi connectivity index (χ1) is 11.7. The van der Waals surface area contributed by atoms with E-state index in [2.05, 4.69) is 11.0 Å². The van der Waals surface area contributed by atoms with Gasteiger partial charge in [0, 0.05) is 24.0 Å². The summed E-state index contributed by atoms with van der Waals surface area (Å²) in [4.78, 5) is 3.10. The molecule has 0 unspecified atom stereocenters. The van der Waals surface area contributed by atoms with Crippen molar-refractivity contribution in [2.75, 3.05) is 19.8 Å². The molecule has 1 aliphatic rings. The number of halogens is 1. The van der Waals surface area contributed by atoms with Crippen molar-refractivity contribution in [2.24, 2.45) is 0 Å². The Bertz CT molecular complexity index is 714. The molecule has 1 N–H and O–H groups in total. The summed E-state index contributed by atoms with van der Waals surface area (Å²) in [7, 11) is 0. The van der Waals surface area contributed by atoms with Crippen LogP contribution in [-0.2, 0) is 11.3 Å². The Morgan fingerprint density at radius 1 is 1.46 bits per heavy atom. The molecule has 2 atom stereocenters. The standard InChI is InChI=1S/C18H19FN2O2S/c19-15-4-3-13(10-20)14(8-15)11-21-5-6-23-12-16(21)9-17(22)18-2-1-7-24-18/h1-4,7-8,16-17,22H,5-6,9,11-12H2/t16-,17-/m1/s1. The van der Waals surface area contributed by atoms with Crippen LogP contribution in [0.3, 0.4) is 0 Å². The number of hydrogen-bond acceptors (Lipinski definition) is 5. The lowest BCUT2D eigenvalue weighted by atomic mass is 10.0. The second-order valence-electron chi connectivity index (χ2n) is 5.88. The Kier molecular flexibility index (Phi) is 5.59. The van der Waals surface area contributed by atoms with Crippen molar-refractivity contribution in [1.29, 1.82) is 5.26 Å². The maximum Gasteiger partial charge on any atom is 0.123 e. The number of ether oxygens (including phenoxy) is 1. The van der Waals surface area contributed by atoms with Crippen molar-refractivity contribution < 1.29 is 14.2 Å². The van der Waals surface area contributed by atoms with Gasteiger partial charge >= 0.3 is 0 Å². The lowest BCUT2D eigenvalue weighted by Gasteiger charge is -2.36. The Balaban J connectivity index is 1.73. The van der Waals surface area contributed by atoms with Crippen LogP contribution in [0.25, 0.3) is 0 Å². The van der Waals surface area contributed by atoms with Gasteiger partial charge in [-0.15, -0.1) is 11.3 Å². The fourth-order valence-electron chi connectivity index (χ4n) is 2.99. The third kappa shape index (κ3) is 4.00. The smallest absolute Gasteiger partial charge is 0.123 e. The normalized spacial score (nSPS) is 19.8. The van der Waals surface area contributed by atoms with Crippen molar-refractivity contribution in [1.82, 2.24) is 4.90 Å². The number of rotatable bonds is 5. The van der Waals surface area contributed by atoms with Crippen LogP contribution in [-0.4, -0.2) is 35.8 Å². The fourth-order valence-corrected chi connectivity index (χ4v) is 3.71. The highest BCUT2D eigenvalue weighted by Gasteiger charge is 2.27. The minimum atomic E-state index is -0.540. The molecule has 0 radical (unpaired) electrons. The van der Waals surface area contributed by atoms with E-state index in [0.717, 1.165) is 4.88 Å². The number of nitriles is 1. The summed E-state index contributed by atoms with van der Waals surface area (Å²) in [5.41, 5.74) is 1.16. The molecule has 1 aromatic carbocycles. The quantitative estimate of drug-likeness (QED) is 0.904. The molecule has 4 nitrogen and oxygen atoms in total. The topological polar surface area (TPSA) is 56.5 Å². The molecule has 1 aliphatic heterocycles. The van der Waals surface area contributed by atoms with E-state index in [1.165, 1.54) is 29.5 Å². The highest BCUT2D eigenvalue weighted by atomic mass is 32.1. The summed E-state index contributed by atoms with van der Waals surface area (Å²) in [6.45, 7) is 2.30. The van der Waals surface area contributed by atoms with E-state index >= 15 is 0 Å². The maximum atomic E-state index is 13.5. The van der Waals surface area contributed by atoms with E-state index in [1.807, 2.05) is 17.5 Å². The predicted octanol–water partition coefficient (Wildman–Crippen LogP) is 3.08. The largest absolute Gasteiger partial charge is 0.388 e. The molecule has 3 rings (SSSR count). The van der Waals surface area contributed by atoms with Crippen LogP contribution in [0.5, 0.6) is 0 Å². The van der Waals surface area contributed by atoms with Crippen molar-refractivity contribution >= 4 is 11.3 Å². The van der Waals surface area contributed by atoms with Crippen LogP contribution >= 0.6 is 11.3 Å². The third-order valence-corrected chi connectivity index (χ3v) is 5.25. The SMILES string of the molecule is N#Cc1ccc(F)cc1CN1CCOC[C@H]1C[C@@H](O)c1cccs1. The first-order valence-corrected chi connectivity index (χ1v) is 8.77.